The molecule has 1 saturated carbocycles. The molecule has 1 heteroatoms. The summed E-state index contributed by atoms with van der Waals surface area (Å²) in [6.07, 6.45) is 9.78. The third-order valence-corrected chi connectivity index (χ3v) is 4.08. The molecule has 2 unspecified atom stereocenters. The van der Waals surface area contributed by atoms with E-state index in [4.69, 9.17) is 0 Å². The van der Waals surface area contributed by atoms with Crippen LogP contribution in [0.5, 0.6) is 0 Å². The van der Waals surface area contributed by atoms with Crippen molar-refractivity contribution in [2.75, 3.05) is 6.54 Å². The summed E-state index contributed by atoms with van der Waals surface area (Å²) in [5.74, 6) is 0.874. The monoisotopic (exact) mass is 225 g/mol. The standard InChI is InChI=1S/C15H31N/c1-5-11-16-14-8-10-15(4,12-14)9-6-7-13(2)3/h13-14,16H,5-12H2,1-4H3. The molecule has 0 saturated heterocycles. The lowest BCUT2D eigenvalue weighted by Gasteiger charge is -2.24. The van der Waals surface area contributed by atoms with E-state index >= 15 is 0 Å². The van der Waals surface area contributed by atoms with E-state index in [0.29, 0.717) is 5.41 Å². The minimum atomic E-state index is 0.639. The van der Waals surface area contributed by atoms with E-state index in [0.717, 1.165) is 12.0 Å². The van der Waals surface area contributed by atoms with Crippen LogP contribution in [0.3, 0.4) is 0 Å². The van der Waals surface area contributed by atoms with Crippen LogP contribution in [0.2, 0.25) is 0 Å². The Morgan fingerprint density at radius 1 is 1.38 bits per heavy atom. The Kier molecular flexibility index (Phi) is 5.82. The fraction of sp³-hybridized carbons (Fsp3) is 1.00. The molecule has 0 radical (unpaired) electrons. The van der Waals surface area contributed by atoms with Gasteiger partial charge in [0.2, 0.25) is 0 Å². The van der Waals surface area contributed by atoms with Crippen LogP contribution in [0.4, 0.5) is 0 Å². The second kappa shape index (κ2) is 6.64. The van der Waals surface area contributed by atoms with Crippen LogP contribution in [-0.2, 0) is 0 Å². The maximum atomic E-state index is 3.69. The summed E-state index contributed by atoms with van der Waals surface area (Å²) in [7, 11) is 0. The molecule has 96 valence electrons. The molecule has 0 aromatic heterocycles. The lowest BCUT2D eigenvalue weighted by atomic mass is 9.82. The maximum Gasteiger partial charge on any atom is 0.00724 e. The summed E-state index contributed by atoms with van der Waals surface area (Å²) in [6, 6.07) is 0.809. The van der Waals surface area contributed by atoms with Gasteiger partial charge in [0.15, 0.2) is 0 Å². The lowest BCUT2D eigenvalue weighted by molar-refractivity contribution is 0.280. The highest BCUT2D eigenvalue weighted by atomic mass is 14.9. The Morgan fingerprint density at radius 2 is 2.12 bits per heavy atom. The molecule has 1 N–H and O–H groups in total. The summed E-state index contributed by atoms with van der Waals surface area (Å²) >= 11 is 0. The molecule has 1 rings (SSSR count). The van der Waals surface area contributed by atoms with E-state index in [1.165, 1.54) is 51.5 Å². The van der Waals surface area contributed by atoms with Crippen LogP contribution in [0.1, 0.15) is 72.6 Å². The summed E-state index contributed by atoms with van der Waals surface area (Å²) in [5, 5.41) is 3.69. The lowest BCUT2D eigenvalue weighted by Crippen LogP contribution is -2.28. The van der Waals surface area contributed by atoms with E-state index < -0.39 is 0 Å². The van der Waals surface area contributed by atoms with Crippen molar-refractivity contribution in [3.63, 3.8) is 0 Å². The van der Waals surface area contributed by atoms with Crippen LogP contribution in [0.15, 0.2) is 0 Å². The van der Waals surface area contributed by atoms with Crippen molar-refractivity contribution in [1.82, 2.24) is 5.32 Å². The molecule has 0 aromatic rings. The average molecular weight is 225 g/mol. The van der Waals surface area contributed by atoms with Crippen molar-refractivity contribution in [2.45, 2.75) is 78.7 Å². The Morgan fingerprint density at radius 3 is 2.75 bits per heavy atom. The van der Waals surface area contributed by atoms with Crippen molar-refractivity contribution < 1.29 is 0 Å². The zero-order chi connectivity index (χ0) is 12.0. The Balaban J connectivity index is 2.20. The summed E-state index contributed by atoms with van der Waals surface area (Å²) < 4.78 is 0. The van der Waals surface area contributed by atoms with E-state index in [1.807, 2.05) is 0 Å². The second-order valence-corrected chi connectivity index (χ2v) is 6.49. The molecule has 0 aromatic carbocycles. The molecule has 1 aliphatic rings. The van der Waals surface area contributed by atoms with Gasteiger partial charge in [0.25, 0.3) is 0 Å². The van der Waals surface area contributed by atoms with Crippen molar-refractivity contribution in [3.8, 4) is 0 Å². The topological polar surface area (TPSA) is 12.0 Å². The summed E-state index contributed by atoms with van der Waals surface area (Å²) in [5.41, 5.74) is 0.639. The molecular weight excluding hydrogens is 194 g/mol. The van der Waals surface area contributed by atoms with E-state index in [-0.39, 0.29) is 0 Å². The third-order valence-electron chi connectivity index (χ3n) is 4.08. The quantitative estimate of drug-likeness (QED) is 0.678. The smallest absolute Gasteiger partial charge is 0.00724 e. The van der Waals surface area contributed by atoms with Crippen LogP contribution in [-0.4, -0.2) is 12.6 Å². The van der Waals surface area contributed by atoms with E-state index in [2.05, 4.69) is 33.0 Å². The van der Waals surface area contributed by atoms with Gasteiger partial charge in [-0.3, -0.25) is 0 Å². The maximum absolute atomic E-state index is 3.69. The van der Waals surface area contributed by atoms with Crippen molar-refractivity contribution in [3.05, 3.63) is 0 Å². The van der Waals surface area contributed by atoms with Crippen LogP contribution in [0, 0.1) is 11.3 Å². The van der Waals surface area contributed by atoms with E-state index in [1.54, 1.807) is 0 Å². The van der Waals surface area contributed by atoms with Crippen LogP contribution in [0.25, 0.3) is 0 Å². The molecular formula is C15H31N. The SMILES string of the molecule is CCCNC1CCC(C)(CCCC(C)C)C1. The van der Waals surface area contributed by atoms with Crippen molar-refractivity contribution in [1.29, 1.82) is 0 Å². The summed E-state index contributed by atoms with van der Waals surface area (Å²) in [4.78, 5) is 0. The molecule has 2 atom stereocenters. The fourth-order valence-electron chi connectivity index (χ4n) is 3.01. The molecule has 0 aliphatic heterocycles. The normalized spacial score (nSPS) is 30.2. The highest BCUT2D eigenvalue weighted by Crippen LogP contribution is 2.42. The van der Waals surface area contributed by atoms with Gasteiger partial charge in [-0.15, -0.1) is 0 Å². The molecule has 0 bridgehead atoms. The average Bonchev–Trinajstić information content (AvgIpc) is 2.57. The van der Waals surface area contributed by atoms with Gasteiger partial charge in [-0.25, -0.2) is 0 Å². The van der Waals surface area contributed by atoms with Gasteiger partial charge in [-0.05, 0) is 50.0 Å². The van der Waals surface area contributed by atoms with Gasteiger partial charge in [0.05, 0.1) is 0 Å². The zero-order valence-electron chi connectivity index (χ0n) is 11.8. The first-order valence-corrected chi connectivity index (χ1v) is 7.29. The van der Waals surface area contributed by atoms with Crippen LogP contribution < -0.4 is 5.32 Å². The van der Waals surface area contributed by atoms with Gasteiger partial charge < -0.3 is 5.32 Å². The van der Waals surface area contributed by atoms with Crippen molar-refractivity contribution >= 4 is 0 Å². The van der Waals surface area contributed by atoms with Gasteiger partial charge in [0.1, 0.15) is 0 Å². The number of hydrogen-bond acceptors (Lipinski definition) is 1. The largest absolute Gasteiger partial charge is 0.314 e. The van der Waals surface area contributed by atoms with Crippen molar-refractivity contribution in [2.24, 2.45) is 11.3 Å². The molecule has 1 nitrogen and oxygen atoms in total. The molecule has 1 fully saturated rings. The van der Waals surface area contributed by atoms with Gasteiger partial charge in [-0.2, -0.15) is 0 Å². The highest BCUT2D eigenvalue weighted by molar-refractivity contribution is 4.89. The first-order chi connectivity index (χ1) is 7.56. The molecule has 16 heavy (non-hydrogen) atoms. The molecule has 1 aliphatic carbocycles. The first kappa shape index (κ1) is 14.0. The Hall–Kier alpha value is -0.0400. The second-order valence-electron chi connectivity index (χ2n) is 6.49. The predicted molar refractivity (Wildman–Crippen MR) is 72.7 cm³/mol. The van der Waals surface area contributed by atoms with Gasteiger partial charge in [-0.1, -0.05) is 40.5 Å². The number of nitrogens with one attached hydrogen (secondary N) is 1. The minimum Gasteiger partial charge on any atom is -0.314 e. The predicted octanol–water partition coefficient (Wildman–Crippen LogP) is 4.37. The Labute approximate surface area is 102 Å². The fourth-order valence-corrected chi connectivity index (χ4v) is 3.01. The van der Waals surface area contributed by atoms with Crippen LogP contribution >= 0.6 is 0 Å². The Bertz CT molecular complexity index is 188. The molecule has 0 heterocycles. The minimum absolute atomic E-state index is 0.639. The number of hydrogen-bond donors (Lipinski definition) is 1. The highest BCUT2D eigenvalue weighted by Gasteiger charge is 2.33. The zero-order valence-corrected chi connectivity index (χ0v) is 11.8. The molecule has 0 spiro atoms. The van der Waals surface area contributed by atoms with E-state index in [9.17, 15) is 0 Å². The number of rotatable bonds is 7. The molecule has 0 amide bonds. The summed E-state index contributed by atoms with van der Waals surface area (Å²) in [6.45, 7) is 10.6. The van der Waals surface area contributed by atoms with Gasteiger partial charge >= 0.3 is 0 Å². The third kappa shape index (κ3) is 4.86. The van der Waals surface area contributed by atoms with Gasteiger partial charge in [0, 0.05) is 6.04 Å². The first-order valence-electron chi connectivity index (χ1n) is 7.29.